The van der Waals surface area contributed by atoms with Crippen molar-refractivity contribution in [2.24, 2.45) is 0 Å². The number of pyridine rings is 1. The van der Waals surface area contributed by atoms with Gasteiger partial charge in [0.05, 0.1) is 21.9 Å². The number of nitro benzene ring substituents is 1. The number of fused-ring (bicyclic) bond motifs is 1. The number of nitro groups is 1. The van der Waals surface area contributed by atoms with Gasteiger partial charge in [0.15, 0.2) is 23.8 Å². The summed E-state index contributed by atoms with van der Waals surface area (Å²) >= 11 is 0. The molecular formula is C27H20FN5O5. The van der Waals surface area contributed by atoms with E-state index in [1.807, 2.05) is 0 Å². The van der Waals surface area contributed by atoms with Crippen molar-refractivity contribution in [3.05, 3.63) is 116 Å². The van der Waals surface area contributed by atoms with Crippen molar-refractivity contribution >= 4 is 17.1 Å². The van der Waals surface area contributed by atoms with Crippen LogP contribution in [-0.4, -0.2) is 36.5 Å². The van der Waals surface area contributed by atoms with Gasteiger partial charge in [0.25, 0.3) is 11.2 Å². The molecule has 0 atom stereocenters. The minimum atomic E-state index is -0.582. The number of non-ortho nitro benzene ring substituents is 1. The van der Waals surface area contributed by atoms with Gasteiger partial charge >= 0.3 is 0 Å². The summed E-state index contributed by atoms with van der Waals surface area (Å²) in [5.41, 5.74) is 1.99. The van der Waals surface area contributed by atoms with E-state index in [2.05, 4.69) is 10.1 Å². The highest BCUT2D eigenvalue weighted by atomic mass is 19.1. The highest BCUT2D eigenvalue weighted by molar-refractivity contribution is 5.97. The monoisotopic (exact) mass is 513 g/mol. The predicted molar refractivity (Wildman–Crippen MR) is 136 cm³/mol. The second-order valence-electron chi connectivity index (χ2n) is 8.53. The first-order chi connectivity index (χ1) is 18.2. The number of carbonyl (C=O) groups is 1. The molecular weight excluding hydrogens is 493 g/mol. The van der Waals surface area contributed by atoms with Crippen LogP contribution in [0.15, 0.2) is 77.7 Å². The van der Waals surface area contributed by atoms with Crippen LogP contribution in [0.3, 0.4) is 0 Å². The summed E-state index contributed by atoms with van der Waals surface area (Å²) < 4.78 is 22.3. The lowest BCUT2D eigenvalue weighted by atomic mass is 10.1. The molecule has 38 heavy (non-hydrogen) atoms. The first-order valence-electron chi connectivity index (χ1n) is 11.5. The average Bonchev–Trinajstić information content (AvgIpc) is 3.28. The molecule has 0 aliphatic heterocycles. The number of hydrogen-bond acceptors (Lipinski definition) is 7. The topological polar surface area (TPSA) is 122 Å². The van der Waals surface area contributed by atoms with Crippen LogP contribution in [0.25, 0.3) is 22.6 Å². The van der Waals surface area contributed by atoms with Gasteiger partial charge in [0.1, 0.15) is 11.5 Å². The molecule has 0 saturated heterocycles. The molecule has 0 radical (unpaired) electrons. The Bertz CT molecular complexity index is 1790. The molecule has 3 heterocycles. The van der Waals surface area contributed by atoms with Crippen LogP contribution in [-0.2, 0) is 0 Å². The number of aromatic nitrogens is 4. The smallest absolute Gasteiger partial charge is 0.270 e. The highest BCUT2D eigenvalue weighted by Gasteiger charge is 2.19. The summed E-state index contributed by atoms with van der Waals surface area (Å²) in [6, 6.07) is 16.2. The Morgan fingerprint density at radius 1 is 1.08 bits per heavy atom. The van der Waals surface area contributed by atoms with Gasteiger partial charge in [-0.15, -0.1) is 0 Å². The van der Waals surface area contributed by atoms with Crippen LogP contribution in [0.2, 0.25) is 0 Å². The predicted octanol–water partition coefficient (Wildman–Crippen LogP) is 4.47. The molecule has 190 valence electrons. The van der Waals surface area contributed by atoms with Gasteiger partial charge in [-0.05, 0) is 50.2 Å². The third-order valence-corrected chi connectivity index (χ3v) is 5.93. The van der Waals surface area contributed by atoms with E-state index in [4.69, 9.17) is 4.74 Å². The fourth-order valence-electron chi connectivity index (χ4n) is 4.14. The van der Waals surface area contributed by atoms with E-state index in [9.17, 15) is 24.1 Å². The number of halogens is 1. The van der Waals surface area contributed by atoms with Crippen molar-refractivity contribution in [3.8, 4) is 22.7 Å². The van der Waals surface area contributed by atoms with Crippen molar-refractivity contribution in [2.75, 3.05) is 6.61 Å². The lowest BCUT2D eigenvalue weighted by Crippen LogP contribution is -2.20. The zero-order valence-electron chi connectivity index (χ0n) is 20.3. The number of ether oxygens (including phenoxy) is 1. The van der Waals surface area contributed by atoms with E-state index in [0.29, 0.717) is 22.8 Å². The van der Waals surface area contributed by atoms with Gasteiger partial charge in [-0.2, -0.15) is 5.10 Å². The number of aryl methyl sites for hydroxylation is 2. The van der Waals surface area contributed by atoms with Crippen molar-refractivity contribution in [2.45, 2.75) is 13.8 Å². The SMILES string of the molecule is Cc1nc2c(OCC(=O)c3cccc([N+](=O)[O-])c3)cccn2c(=O)c1-c1cc(C)n(-c2cccc(F)c2)n1. The Balaban J connectivity index is 1.48. The maximum Gasteiger partial charge on any atom is 0.270 e. The Hall–Kier alpha value is -5.19. The lowest BCUT2D eigenvalue weighted by Gasteiger charge is -2.11. The number of carbonyl (C=O) groups excluding carboxylic acids is 1. The van der Waals surface area contributed by atoms with Gasteiger partial charge in [0, 0.05) is 29.6 Å². The number of Topliss-reactive ketones (excluding diaryl/α,β-unsaturated/α-hetero) is 1. The molecule has 0 saturated carbocycles. The van der Waals surface area contributed by atoms with Crippen LogP contribution < -0.4 is 10.3 Å². The largest absolute Gasteiger partial charge is 0.482 e. The Labute approximate surface area is 214 Å². The summed E-state index contributed by atoms with van der Waals surface area (Å²) in [4.78, 5) is 41.1. The summed E-state index contributed by atoms with van der Waals surface area (Å²) in [5.74, 6) is -0.677. The van der Waals surface area contributed by atoms with Crippen LogP contribution in [0, 0.1) is 29.8 Å². The quantitative estimate of drug-likeness (QED) is 0.179. The number of hydrogen-bond donors (Lipinski definition) is 0. The minimum Gasteiger partial charge on any atom is -0.482 e. The molecule has 11 heteroatoms. The second kappa shape index (κ2) is 9.69. The van der Waals surface area contributed by atoms with Gasteiger partial charge in [-0.3, -0.25) is 24.1 Å². The maximum absolute atomic E-state index is 13.7. The van der Waals surface area contributed by atoms with E-state index in [-0.39, 0.29) is 28.2 Å². The van der Waals surface area contributed by atoms with Crippen molar-refractivity contribution in [1.82, 2.24) is 19.2 Å². The van der Waals surface area contributed by atoms with E-state index in [1.165, 1.54) is 47.0 Å². The molecule has 0 amide bonds. The lowest BCUT2D eigenvalue weighted by molar-refractivity contribution is -0.384. The number of benzene rings is 2. The molecule has 0 fully saturated rings. The third kappa shape index (κ3) is 4.52. The summed E-state index contributed by atoms with van der Waals surface area (Å²) in [5, 5.41) is 15.5. The van der Waals surface area contributed by atoms with Crippen molar-refractivity contribution < 1.29 is 18.8 Å². The van der Waals surface area contributed by atoms with E-state index < -0.39 is 28.7 Å². The molecule has 0 aliphatic carbocycles. The van der Waals surface area contributed by atoms with Crippen LogP contribution >= 0.6 is 0 Å². The van der Waals surface area contributed by atoms with Gasteiger partial charge in [-0.1, -0.05) is 18.2 Å². The van der Waals surface area contributed by atoms with Crippen LogP contribution in [0.4, 0.5) is 10.1 Å². The van der Waals surface area contributed by atoms with Crippen molar-refractivity contribution in [1.29, 1.82) is 0 Å². The van der Waals surface area contributed by atoms with E-state index in [0.717, 1.165) is 0 Å². The Morgan fingerprint density at radius 3 is 2.63 bits per heavy atom. The zero-order valence-corrected chi connectivity index (χ0v) is 20.3. The van der Waals surface area contributed by atoms with Gasteiger partial charge < -0.3 is 4.74 Å². The molecule has 5 rings (SSSR count). The minimum absolute atomic E-state index is 0.132. The van der Waals surface area contributed by atoms with E-state index >= 15 is 0 Å². The molecule has 2 aromatic carbocycles. The Kier molecular flexibility index (Phi) is 6.25. The fraction of sp³-hybridized carbons (Fsp3) is 0.111. The molecule has 3 aromatic heterocycles. The van der Waals surface area contributed by atoms with Crippen molar-refractivity contribution in [3.63, 3.8) is 0 Å². The summed E-state index contributed by atoms with van der Waals surface area (Å²) in [6.07, 6.45) is 1.53. The summed E-state index contributed by atoms with van der Waals surface area (Å²) in [6.45, 7) is 3.06. The number of nitrogens with zero attached hydrogens (tertiary/aromatic N) is 5. The summed E-state index contributed by atoms with van der Waals surface area (Å²) in [7, 11) is 0. The third-order valence-electron chi connectivity index (χ3n) is 5.93. The second-order valence-corrected chi connectivity index (χ2v) is 8.53. The van der Waals surface area contributed by atoms with Crippen LogP contribution in [0.5, 0.6) is 5.75 Å². The molecule has 10 nitrogen and oxygen atoms in total. The highest BCUT2D eigenvalue weighted by Crippen LogP contribution is 2.24. The first-order valence-corrected chi connectivity index (χ1v) is 11.5. The number of ketones is 1. The molecule has 5 aromatic rings. The van der Waals surface area contributed by atoms with Gasteiger partial charge in [0.2, 0.25) is 0 Å². The molecule has 0 spiro atoms. The fourth-order valence-corrected chi connectivity index (χ4v) is 4.14. The van der Waals surface area contributed by atoms with Gasteiger partial charge in [-0.25, -0.2) is 14.1 Å². The average molecular weight is 513 g/mol. The molecule has 0 bridgehead atoms. The van der Waals surface area contributed by atoms with Crippen LogP contribution in [0.1, 0.15) is 21.7 Å². The first kappa shape index (κ1) is 24.5. The van der Waals surface area contributed by atoms with E-state index in [1.54, 1.807) is 48.9 Å². The standard InChI is InChI=1S/C27H20FN5O5/c1-16-12-22(30-32(16)20-8-4-7-19(28)14-20)25-17(2)29-26-24(10-5-11-31(26)27(25)35)38-15-23(34)18-6-3-9-21(13-18)33(36)37/h3-14H,15H2,1-2H3. The maximum atomic E-state index is 13.7. The molecule has 0 N–H and O–H groups in total. The number of rotatable bonds is 7. The molecule has 0 unspecified atom stereocenters. The Morgan fingerprint density at radius 2 is 1.87 bits per heavy atom. The molecule has 0 aliphatic rings. The zero-order chi connectivity index (χ0) is 27.0. The normalized spacial score (nSPS) is 11.0.